The number of rotatable bonds is 19. The highest BCUT2D eigenvalue weighted by atomic mass is 16.6. The lowest BCUT2D eigenvalue weighted by molar-refractivity contribution is 0.0492. The summed E-state index contributed by atoms with van der Waals surface area (Å²) in [5.74, 6) is 0.815. The maximum absolute atomic E-state index is 12.5. The zero-order valence-electron chi connectivity index (χ0n) is 33.1. The molecule has 0 saturated carbocycles. The molecule has 1 unspecified atom stereocenters. The number of carbonyl (C=O) groups is 3. The molecule has 0 fully saturated rings. The van der Waals surface area contributed by atoms with E-state index in [-0.39, 0.29) is 18.1 Å². The molecule has 0 aliphatic rings. The molecule has 51 heavy (non-hydrogen) atoms. The number of hydrogen-bond donors (Lipinski definition) is 4. The van der Waals surface area contributed by atoms with E-state index in [9.17, 15) is 14.4 Å². The van der Waals surface area contributed by atoms with Gasteiger partial charge in [0.15, 0.2) is 0 Å². The van der Waals surface area contributed by atoms with Gasteiger partial charge in [0.05, 0.1) is 6.61 Å². The molecular formula is C39H67N5O7. The SMILES string of the molecule is CC(=N)c1ccc(OCCCCCC(CCCCCCCCCN=C(NC(=O)OC(C)(C)C)NC(=O)OC(C)(C)C)NC(=O)OC(C)(C)C)cc1. The number of amides is 3. The molecular weight excluding hydrogens is 650 g/mol. The summed E-state index contributed by atoms with van der Waals surface area (Å²) in [6, 6.07) is 7.68. The molecule has 0 heterocycles. The average Bonchev–Trinajstić information content (AvgIpc) is 2.96. The van der Waals surface area contributed by atoms with Gasteiger partial charge in [-0.2, -0.15) is 0 Å². The lowest BCUT2D eigenvalue weighted by atomic mass is 10.0. The molecule has 1 aromatic rings. The van der Waals surface area contributed by atoms with Gasteiger partial charge in [0.1, 0.15) is 22.6 Å². The van der Waals surface area contributed by atoms with Crippen LogP contribution in [0.3, 0.4) is 0 Å². The van der Waals surface area contributed by atoms with E-state index in [0.717, 1.165) is 88.4 Å². The molecule has 12 heteroatoms. The summed E-state index contributed by atoms with van der Waals surface area (Å²) in [5, 5.41) is 15.8. The molecule has 12 nitrogen and oxygen atoms in total. The quantitative estimate of drug-likeness (QED) is 0.0480. The van der Waals surface area contributed by atoms with Crippen LogP contribution in [-0.4, -0.2) is 65.9 Å². The maximum atomic E-state index is 12.5. The molecule has 0 spiro atoms. The van der Waals surface area contributed by atoms with Crippen LogP contribution in [0, 0.1) is 5.41 Å². The highest BCUT2D eigenvalue weighted by molar-refractivity contribution is 6.01. The summed E-state index contributed by atoms with van der Waals surface area (Å²) in [7, 11) is 0. The minimum atomic E-state index is -0.705. The third-order valence-electron chi connectivity index (χ3n) is 7.19. The topological polar surface area (TPSA) is 160 Å². The number of aliphatic imine (C=N–C) groups is 1. The Labute approximate surface area is 307 Å². The molecule has 4 N–H and O–H groups in total. The monoisotopic (exact) mass is 718 g/mol. The van der Waals surface area contributed by atoms with Crippen molar-refractivity contribution in [1.82, 2.24) is 16.0 Å². The molecule has 0 radical (unpaired) electrons. The van der Waals surface area contributed by atoms with Gasteiger partial charge >= 0.3 is 18.3 Å². The van der Waals surface area contributed by atoms with Crippen molar-refractivity contribution in [2.75, 3.05) is 13.2 Å². The Morgan fingerprint density at radius 1 is 0.647 bits per heavy atom. The summed E-state index contributed by atoms with van der Waals surface area (Å²) in [6.07, 6.45) is 10.1. The van der Waals surface area contributed by atoms with E-state index in [2.05, 4.69) is 20.9 Å². The first-order valence-corrected chi connectivity index (χ1v) is 18.5. The second kappa shape index (κ2) is 22.9. The Morgan fingerprint density at radius 2 is 1.08 bits per heavy atom. The largest absolute Gasteiger partial charge is 0.494 e. The number of hydrogen-bond acceptors (Lipinski definition) is 9. The van der Waals surface area contributed by atoms with Crippen molar-refractivity contribution in [3.05, 3.63) is 29.8 Å². The van der Waals surface area contributed by atoms with E-state index < -0.39 is 29.0 Å². The van der Waals surface area contributed by atoms with Gasteiger partial charge in [-0.05, 0) is 131 Å². The van der Waals surface area contributed by atoms with Crippen LogP contribution in [0.2, 0.25) is 0 Å². The second-order valence-electron chi connectivity index (χ2n) is 15.9. The van der Waals surface area contributed by atoms with Gasteiger partial charge in [-0.25, -0.2) is 14.4 Å². The molecule has 0 aliphatic heterocycles. The molecule has 290 valence electrons. The van der Waals surface area contributed by atoms with Gasteiger partial charge in [-0.3, -0.25) is 15.6 Å². The fourth-order valence-electron chi connectivity index (χ4n) is 4.91. The van der Waals surface area contributed by atoms with Crippen molar-refractivity contribution in [2.45, 2.75) is 169 Å². The van der Waals surface area contributed by atoms with Crippen LogP contribution in [0.4, 0.5) is 14.4 Å². The standard InChI is InChI=1S/C39H67N5O7/c1-29(40)30-23-25-32(26-24-30)48-28-20-16-18-22-31(42-34(45)49-37(2,3)4)21-17-14-12-11-13-15-19-27-41-33(43-35(46)50-38(5,6)7)44-36(47)51-39(8,9)10/h23-26,31,40H,11-22,27-28H2,1-10H3,(H,42,45)(H2,41,43,44,46,47). The zero-order valence-corrected chi connectivity index (χ0v) is 33.1. The Balaban J connectivity index is 2.42. The summed E-state index contributed by atoms with van der Waals surface area (Å²) < 4.78 is 22.0. The van der Waals surface area contributed by atoms with Gasteiger partial charge in [0.2, 0.25) is 5.96 Å². The Bertz CT molecular complexity index is 1200. The molecule has 3 amide bonds. The first-order valence-electron chi connectivity index (χ1n) is 18.5. The average molecular weight is 718 g/mol. The van der Waals surface area contributed by atoms with Gasteiger partial charge in [0, 0.05) is 18.3 Å². The van der Waals surface area contributed by atoms with Gasteiger partial charge in [-0.1, -0.05) is 44.9 Å². The van der Waals surface area contributed by atoms with Crippen molar-refractivity contribution >= 4 is 30.0 Å². The zero-order chi connectivity index (χ0) is 38.5. The van der Waals surface area contributed by atoms with Crippen molar-refractivity contribution in [3.63, 3.8) is 0 Å². The third kappa shape index (κ3) is 25.7. The fraction of sp³-hybridized carbons (Fsp3) is 0.718. The van der Waals surface area contributed by atoms with E-state index in [4.69, 9.17) is 24.4 Å². The summed E-state index contributed by atoms with van der Waals surface area (Å²) in [4.78, 5) is 41.4. The number of nitrogens with zero attached hydrogens (tertiary/aromatic N) is 1. The van der Waals surface area contributed by atoms with Crippen molar-refractivity contribution < 1.29 is 33.3 Å². The Kier molecular flexibility index (Phi) is 20.3. The first-order chi connectivity index (χ1) is 23.7. The van der Waals surface area contributed by atoms with E-state index >= 15 is 0 Å². The van der Waals surface area contributed by atoms with Crippen LogP contribution >= 0.6 is 0 Å². The molecule has 0 aromatic heterocycles. The summed E-state index contributed by atoms with van der Waals surface area (Å²) in [5.41, 5.74) is -0.497. The highest BCUT2D eigenvalue weighted by Crippen LogP contribution is 2.17. The summed E-state index contributed by atoms with van der Waals surface area (Å²) >= 11 is 0. The van der Waals surface area contributed by atoms with Crippen molar-refractivity contribution in [2.24, 2.45) is 4.99 Å². The third-order valence-corrected chi connectivity index (χ3v) is 7.19. The second-order valence-corrected chi connectivity index (χ2v) is 15.9. The van der Waals surface area contributed by atoms with Crippen LogP contribution < -0.4 is 20.7 Å². The van der Waals surface area contributed by atoms with Gasteiger partial charge < -0.3 is 29.7 Å². The summed E-state index contributed by atoms with van der Waals surface area (Å²) in [6.45, 7) is 19.0. The predicted octanol–water partition coefficient (Wildman–Crippen LogP) is 9.43. The fourth-order valence-corrected chi connectivity index (χ4v) is 4.91. The number of alkyl carbamates (subject to hydrolysis) is 3. The number of benzene rings is 1. The maximum Gasteiger partial charge on any atom is 0.414 e. The molecule has 1 atom stereocenters. The van der Waals surface area contributed by atoms with Gasteiger partial charge in [-0.15, -0.1) is 0 Å². The molecule has 0 bridgehead atoms. The van der Waals surface area contributed by atoms with Crippen LogP contribution in [0.5, 0.6) is 5.75 Å². The van der Waals surface area contributed by atoms with Gasteiger partial charge in [0.25, 0.3) is 0 Å². The molecule has 0 aliphatic carbocycles. The van der Waals surface area contributed by atoms with Crippen LogP contribution in [0.1, 0.15) is 152 Å². The molecule has 1 rings (SSSR count). The Morgan fingerprint density at radius 3 is 1.55 bits per heavy atom. The van der Waals surface area contributed by atoms with Crippen molar-refractivity contribution in [3.8, 4) is 5.75 Å². The van der Waals surface area contributed by atoms with Crippen LogP contribution in [0.15, 0.2) is 29.3 Å². The highest BCUT2D eigenvalue weighted by Gasteiger charge is 2.22. The molecule has 0 saturated heterocycles. The van der Waals surface area contributed by atoms with Crippen LogP contribution in [0.25, 0.3) is 0 Å². The number of ether oxygens (including phenoxy) is 4. The Hall–Kier alpha value is -3.83. The van der Waals surface area contributed by atoms with E-state index in [1.165, 1.54) is 0 Å². The lowest BCUT2D eigenvalue weighted by Gasteiger charge is -2.24. The minimum absolute atomic E-state index is 0.00225. The van der Waals surface area contributed by atoms with E-state index in [1.807, 2.05) is 45.0 Å². The van der Waals surface area contributed by atoms with E-state index in [1.54, 1.807) is 48.5 Å². The molecule has 1 aromatic carbocycles. The number of unbranched alkanes of at least 4 members (excludes halogenated alkanes) is 8. The van der Waals surface area contributed by atoms with E-state index in [0.29, 0.717) is 18.9 Å². The van der Waals surface area contributed by atoms with Crippen LogP contribution in [-0.2, 0) is 14.2 Å². The predicted molar refractivity (Wildman–Crippen MR) is 204 cm³/mol. The minimum Gasteiger partial charge on any atom is -0.494 e. The number of nitrogens with one attached hydrogen (secondary N) is 4. The smallest absolute Gasteiger partial charge is 0.414 e. The number of guanidine groups is 1. The lowest BCUT2D eigenvalue weighted by Crippen LogP contribution is -2.47. The normalized spacial score (nSPS) is 12.3. The number of carbonyl (C=O) groups excluding carboxylic acids is 3. The first kappa shape index (κ1) is 45.2. The van der Waals surface area contributed by atoms with Crippen molar-refractivity contribution in [1.29, 1.82) is 5.41 Å².